The van der Waals surface area contributed by atoms with Crippen LogP contribution in [0.4, 0.5) is 8.78 Å². The van der Waals surface area contributed by atoms with E-state index in [-0.39, 0.29) is 6.04 Å². The van der Waals surface area contributed by atoms with E-state index in [4.69, 9.17) is 4.42 Å². The fourth-order valence-electron chi connectivity index (χ4n) is 2.81. The van der Waals surface area contributed by atoms with Gasteiger partial charge in [0.2, 0.25) is 0 Å². The molecule has 1 aromatic carbocycles. The molecule has 2 nitrogen and oxygen atoms in total. The lowest BCUT2D eigenvalue weighted by Gasteiger charge is -2.19. The molecular formula is C17H21F2NO. The Hall–Kier alpha value is -1.68. The first kappa shape index (κ1) is 15.7. The molecule has 4 heteroatoms. The van der Waals surface area contributed by atoms with Gasteiger partial charge in [0.05, 0.1) is 0 Å². The third-order valence-electron chi connectivity index (χ3n) is 3.78. The second kappa shape index (κ2) is 6.39. The van der Waals surface area contributed by atoms with Crippen LogP contribution in [0.15, 0.2) is 22.6 Å². The predicted molar refractivity (Wildman–Crippen MR) is 79.4 cm³/mol. The van der Waals surface area contributed by atoms with E-state index < -0.39 is 11.6 Å². The first-order valence-corrected chi connectivity index (χ1v) is 7.17. The van der Waals surface area contributed by atoms with E-state index in [1.165, 1.54) is 12.1 Å². The van der Waals surface area contributed by atoms with E-state index in [1.54, 1.807) is 0 Å². The molecule has 0 aliphatic rings. The number of furan rings is 1. The molecule has 1 atom stereocenters. The maximum absolute atomic E-state index is 13.4. The van der Waals surface area contributed by atoms with Gasteiger partial charge in [0.25, 0.3) is 0 Å². The maximum atomic E-state index is 13.4. The number of benzene rings is 1. The molecule has 1 N–H and O–H groups in total. The van der Waals surface area contributed by atoms with E-state index in [1.807, 2.05) is 27.7 Å². The molecule has 2 rings (SSSR count). The van der Waals surface area contributed by atoms with Crippen molar-refractivity contribution in [3.63, 3.8) is 0 Å². The van der Waals surface area contributed by atoms with Crippen LogP contribution in [0.2, 0.25) is 0 Å². The van der Waals surface area contributed by atoms with Crippen molar-refractivity contribution in [2.24, 2.45) is 0 Å². The summed E-state index contributed by atoms with van der Waals surface area (Å²) in [5.74, 6) is 0.651. The second-order valence-corrected chi connectivity index (χ2v) is 5.35. The van der Waals surface area contributed by atoms with Crippen LogP contribution in [0.1, 0.15) is 41.2 Å². The quantitative estimate of drug-likeness (QED) is 0.885. The van der Waals surface area contributed by atoms with Crippen molar-refractivity contribution in [2.75, 3.05) is 6.54 Å². The standard InChI is InChI=1S/C17H21F2NO/c1-5-20-16(17-10(2)11(3)21-12(17)4)8-13-6-14(18)9-15(19)7-13/h6-7,9,16,20H,5,8H2,1-4H3. The summed E-state index contributed by atoms with van der Waals surface area (Å²) in [6.45, 7) is 8.64. The molecule has 0 aliphatic heterocycles. The van der Waals surface area contributed by atoms with Gasteiger partial charge in [-0.25, -0.2) is 8.78 Å². The average molecular weight is 293 g/mol. The van der Waals surface area contributed by atoms with Crippen molar-refractivity contribution >= 4 is 0 Å². The summed E-state index contributed by atoms with van der Waals surface area (Å²) in [5.41, 5.74) is 2.81. The normalized spacial score (nSPS) is 12.7. The van der Waals surface area contributed by atoms with Gasteiger partial charge in [-0.1, -0.05) is 6.92 Å². The number of nitrogens with one attached hydrogen (secondary N) is 1. The smallest absolute Gasteiger partial charge is 0.126 e. The third kappa shape index (κ3) is 3.50. The van der Waals surface area contributed by atoms with Gasteiger partial charge < -0.3 is 9.73 Å². The van der Waals surface area contributed by atoms with Crippen LogP contribution in [-0.4, -0.2) is 6.54 Å². The highest BCUT2D eigenvalue weighted by atomic mass is 19.1. The summed E-state index contributed by atoms with van der Waals surface area (Å²) < 4.78 is 32.4. The van der Waals surface area contributed by atoms with Crippen LogP contribution < -0.4 is 5.32 Å². The first-order chi connectivity index (χ1) is 9.92. The lowest BCUT2D eigenvalue weighted by atomic mass is 9.95. The molecule has 0 saturated carbocycles. The zero-order valence-corrected chi connectivity index (χ0v) is 12.9. The third-order valence-corrected chi connectivity index (χ3v) is 3.78. The summed E-state index contributed by atoms with van der Waals surface area (Å²) in [5, 5.41) is 3.38. The highest BCUT2D eigenvalue weighted by molar-refractivity contribution is 5.35. The molecule has 0 amide bonds. The van der Waals surface area contributed by atoms with Gasteiger partial charge >= 0.3 is 0 Å². The number of rotatable bonds is 5. The fourth-order valence-corrected chi connectivity index (χ4v) is 2.81. The molecule has 21 heavy (non-hydrogen) atoms. The van der Waals surface area contributed by atoms with Crippen molar-refractivity contribution in [2.45, 2.75) is 40.2 Å². The van der Waals surface area contributed by atoms with E-state index in [2.05, 4.69) is 5.32 Å². The lowest BCUT2D eigenvalue weighted by Crippen LogP contribution is -2.24. The Labute approximate surface area is 124 Å². The molecule has 0 saturated heterocycles. The monoisotopic (exact) mass is 293 g/mol. The summed E-state index contributed by atoms with van der Waals surface area (Å²) >= 11 is 0. The largest absolute Gasteiger partial charge is 0.466 e. The number of halogens is 2. The number of likely N-dealkylation sites (N-methyl/N-ethyl adjacent to an activating group) is 1. The van der Waals surface area contributed by atoms with Crippen LogP contribution >= 0.6 is 0 Å². The highest BCUT2D eigenvalue weighted by Gasteiger charge is 2.21. The molecule has 114 valence electrons. The van der Waals surface area contributed by atoms with Crippen molar-refractivity contribution < 1.29 is 13.2 Å². The summed E-state index contributed by atoms with van der Waals surface area (Å²) in [6, 6.07) is 3.63. The molecule has 0 radical (unpaired) electrons. The van der Waals surface area contributed by atoms with Gasteiger partial charge in [-0.3, -0.25) is 0 Å². The number of hydrogen-bond donors (Lipinski definition) is 1. The molecule has 0 fully saturated rings. The van der Waals surface area contributed by atoms with Gasteiger partial charge in [-0.15, -0.1) is 0 Å². The lowest BCUT2D eigenvalue weighted by molar-refractivity contribution is 0.483. The molecule has 1 heterocycles. The van der Waals surface area contributed by atoms with Crippen molar-refractivity contribution in [3.05, 3.63) is 58.0 Å². The van der Waals surface area contributed by atoms with E-state index >= 15 is 0 Å². The van der Waals surface area contributed by atoms with Gasteiger partial charge in [0.1, 0.15) is 23.2 Å². The predicted octanol–water partition coefficient (Wildman–Crippen LogP) is 4.38. The number of aryl methyl sites for hydroxylation is 2. The molecule has 0 bridgehead atoms. The van der Waals surface area contributed by atoms with Crippen LogP contribution in [0.5, 0.6) is 0 Å². The Morgan fingerprint density at radius 1 is 1.05 bits per heavy atom. The Balaban J connectivity index is 2.35. The number of hydrogen-bond acceptors (Lipinski definition) is 2. The topological polar surface area (TPSA) is 25.2 Å². The van der Waals surface area contributed by atoms with Crippen LogP contribution in [0.3, 0.4) is 0 Å². The SMILES string of the molecule is CCNC(Cc1cc(F)cc(F)c1)c1c(C)oc(C)c1C. The Bertz CT molecular complexity index is 614. The Kier molecular flexibility index (Phi) is 4.78. The van der Waals surface area contributed by atoms with E-state index in [0.29, 0.717) is 12.0 Å². The molecule has 0 aliphatic carbocycles. The minimum Gasteiger partial charge on any atom is -0.466 e. The minimum atomic E-state index is -0.544. The van der Waals surface area contributed by atoms with Crippen molar-refractivity contribution in [1.29, 1.82) is 0 Å². The zero-order valence-electron chi connectivity index (χ0n) is 12.9. The molecule has 1 unspecified atom stereocenters. The Morgan fingerprint density at radius 2 is 1.67 bits per heavy atom. The first-order valence-electron chi connectivity index (χ1n) is 7.17. The Morgan fingerprint density at radius 3 is 2.14 bits per heavy atom. The molecule has 2 aromatic rings. The summed E-state index contributed by atoms with van der Waals surface area (Å²) in [4.78, 5) is 0. The summed E-state index contributed by atoms with van der Waals surface area (Å²) in [6.07, 6.45) is 0.517. The van der Waals surface area contributed by atoms with E-state index in [0.717, 1.165) is 35.3 Å². The molecule has 0 spiro atoms. The van der Waals surface area contributed by atoms with Gasteiger partial charge in [0.15, 0.2) is 0 Å². The van der Waals surface area contributed by atoms with Gasteiger partial charge in [-0.2, -0.15) is 0 Å². The highest BCUT2D eigenvalue weighted by Crippen LogP contribution is 2.29. The van der Waals surface area contributed by atoms with Gasteiger partial charge in [0, 0.05) is 17.7 Å². The van der Waals surface area contributed by atoms with Crippen LogP contribution in [-0.2, 0) is 6.42 Å². The second-order valence-electron chi connectivity index (χ2n) is 5.35. The average Bonchev–Trinajstić information content (AvgIpc) is 2.61. The van der Waals surface area contributed by atoms with Crippen LogP contribution in [0.25, 0.3) is 0 Å². The fraction of sp³-hybridized carbons (Fsp3) is 0.412. The minimum absolute atomic E-state index is 0.0198. The molecule has 1 aromatic heterocycles. The van der Waals surface area contributed by atoms with E-state index in [9.17, 15) is 8.78 Å². The molecular weight excluding hydrogens is 272 g/mol. The summed E-state index contributed by atoms with van der Waals surface area (Å²) in [7, 11) is 0. The van der Waals surface area contributed by atoms with Crippen LogP contribution in [0, 0.1) is 32.4 Å². The van der Waals surface area contributed by atoms with Crippen molar-refractivity contribution in [3.8, 4) is 0 Å². The van der Waals surface area contributed by atoms with Crippen molar-refractivity contribution in [1.82, 2.24) is 5.32 Å². The maximum Gasteiger partial charge on any atom is 0.126 e. The van der Waals surface area contributed by atoms with Gasteiger partial charge in [-0.05, 0) is 57.0 Å². The zero-order chi connectivity index (χ0) is 15.6.